The average molecular weight is 236 g/mol. The van der Waals surface area contributed by atoms with E-state index in [9.17, 15) is 5.11 Å². The lowest BCUT2D eigenvalue weighted by atomic mass is 10.1. The van der Waals surface area contributed by atoms with Crippen LogP contribution in [0.1, 0.15) is 37.9 Å². The molecule has 3 heteroatoms. The molecule has 1 unspecified atom stereocenters. The van der Waals surface area contributed by atoms with Crippen molar-refractivity contribution in [1.82, 2.24) is 0 Å². The third-order valence-corrected chi connectivity index (χ3v) is 3.07. The molecule has 1 heterocycles. The first-order chi connectivity index (χ1) is 8.25. The van der Waals surface area contributed by atoms with E-state index in [4.69, 9.17) is 9.47 Å². The zero-order chi connectivity index (χ0) is 12.1. The summed E-state index contributed by atoms with van der Waals surface area (Å²) in [7, 11) is 0. The van der Waals surface area contributed by atoms with Crippen LogP contribution < -0.4 is 4.74 Å². The predicted molar refractivity (Wildman–Crippen MR) is 66.2 cm³/mol. The minimum Gasteiger partial charge on any atom is -0.493 e. The second-order valence-corrected chi connectivity index (χ2v) is 4.52. The van der Waals surface area contributed by atoms with Crippen molar-refractivity contribution < 1.29 is 14.6 Å². The summed E-state index contributed by atoms with van der Waals surface area (Å²) < 4.78 is 11.2. The minimum absolute atomic E-state index is 0.370. The number of hydrogen-bond acceptors (Lipinski definition) is 3. The fourth-order valence-electron chi connectivity index (χ4n) is 2.04. The summed E-state index contributed by atoms with van der Waals surface area (Å²) in [5.41, 5.74) is 0.889. The molecule has 2 rings (SSSR count). The fourth-order valence-corrected chi connectivity index (χ4v) is 2.04. The standard InChI is InChI=1S/C14H20O3/c1-11(15)12-4-2-5-14(10-12)17-9-7-13-6-3-8-16-13/h2,4-5,10-11,13,15H,3,6-9H2,1H3/t11-,13?/m0/s1. The van der Waals surface area contributed by atoms with Crippen LogP contribution in [0.4, 0.5) is 0 Å². The average Bonchev–Trinajstić information content (AvgIpc) is 2.82. The van der Waals surface area contributed by atoms with E-state index in [2.05, 4.69) is 0 Å². The van der Waals surface area contributed by atoms with Crippen LogP contribution in [-0.2, 0) is 4.74 Å². The molecule has 3 nitrogen and oxygen atoms in total. The number of rotatable bonds is 5. The molecule has 0 amide bonds. The normalized spacial score (nSPS) is 21.4. The summed E-state index contributed by atoms with van der Waals surface area (Å²) in [6.45, 7) is 3.32. The van der Waals surface area contributed by atoms with Crippen LogP contribution in [0.15, 0.2) is 24.3 Å². The van der Waals surface area contributed by atoms with E-state index < -0.39 is 6.10 Å². The quantitative estimate of drug-likeness (QED) is 0.854. The SMILES string of the molecule is C[C@H](O)c1cccc(OCCC2CCCO2)c1. The van der Waals surface area contributed by atoms with Crippen molar-refractivity contribution >= 4 is 0 Å². The largest absolute Gasteiger partial charge is 0.493 e. The molecule has 1 N–H and O–H groups in total. The molecular formula is C14H20O3. The Morgan fingerprint density at radius 2 is 2.41 bits per heavy atom. The Morgan fingerprint density at radius 1 is 1.53 bits per heavy atom. The topological polar surface area (TPSA) is 38.7 Å². The molecular weight excluding hydrogens is 216 g/mol. The highest BCUT2D eigenvalue weighted by atomic mass is 16.5. The smallest absolute Gasteiger partial charge is 0.119 e. The van der Waals surface area contributed by atoms with E-state index >= 15 is 0 Å². The maximum Gasteiger partial charge on any atom is 0.119 e. The molecule has 0 bridgehead atoms. The molecule has 1 aliphatic rings. The lowest BCUT2D eigenvalue weighted by Gasteiger charge is -2.12. The van der Waals surface area contributed by atoms with Crippen LogP contribution in [0.5, 0.6) is 5.75 Å². The molecule has 0 aromatic heterocycles. The van der Waals surface area contributed by atoms with E-state index in [-0.39, 0.29) is 0 Å². The third-order valence-electron chi connectivity index (χ3n) is 3.07. The van der Waals surface area contributed by atoms with Crippen molar-refractivity contribution in [3.63, 3.8) is 0 Å². The number of ether oxygens (including phenoxy) is 2. The molecule has 1 aromatic carbocycles. The molecule has 0 spiro atoms. The zero-order valence-corrected chi connectivity index (χ0v) is 10.3. The molecule has 1 aromatic rings. The Bertz CT molecular complexity index is 343. The molecule has 0 radical (unpaired) electrons. The molecule has 1 saturated heterocycles. The lowest BCUT2D eigenvalue weighted by Crippen LogP contribution is -2.10. The molecule has 1 fully saturated rings. The first-order valence-electron chi connectivity index (χ1n) is 6.28. The Morgan fingerprint density at radius 3 is 3.12 bits per heavy atom. The minimum atomic E-state index is -0.447. The van der Waals surface area contributed by atoms with Gasteiger partial charge in [-0.1, -0.05) is 12.1 Å². The van der Waals surface area contributed by atoms with Crippen molar-refractivity contribution in [3.8, 4) is 5.75 Å². The van der Waals surface area contributed by atoms with Gasteiger partial charge in [-0.3, -0.25) is 0 Å². The lowest BCUT2D eigenvalue weighted by molar-refractivity contribution is 0.0903. The monoisotopic (exact) mass is 236 g/mol. The first kappa shape index (κ1) is 12.4. The number of benzene rings is 1. The van der Waals surface area contributed by atoms with E-state index in [0.717, 1.165) is 30.8 Å². The van der Waals surface area contributed by atoms with Crippen LogP contribution in [-0.4, -0.2) is 24.4 Å². The van der Waals surface area contributed by atoms with Gasteiger partial charge in [0.15, 0.2) is 0 Å². The first-order valence-corrected chi connectivity index (χ1v) is 6.28. The zero-order valence-electron chi connectivity index (χ0n) is 10.3. The highest BCUT2D eigenvalue weighted by Gasteiger charge is 2.15. The van der Waals surface area contributed by atoms with Crippen molar-refractivity contribution in [2.75, 3.05) is 13.2 Å². The second kappa shape index (κ2) is 6.03. The maximum absolute atomic E-state index is 9.47. The molecule has 0 saturated carbocycles. The van der Waals surface area contributed by atoms with Gasteiger partial charge in [-0.25, -0.2) is 0 Å². The summed E-state index contributed by atoms with van der Waals surface area (Å²) in [6, 6.07) is 7.61. The van der Waals surface area contributed by atoms with E-state index in [0.29, 0.717) is 12.7 Å². The van der Waals surface area contributed by atoms with Crippen LogP contribution in [0.25, 0.3) is 0 Å². The van der Waals surface area contributed by atoms with Gasteiger partial charge in [-0.15, -0.1) is 0 Å². The summed E-state index contributed by atoms with van der Waals surface area (Å²) >= 11 is 0. The Kier molecular flexibility index (Phi) is 4.40. The van der Waals surface area contributed by atoms with Crippen LogP contribution >= 0.6 is 0 Å². The molecule has 94 valence electrons. The van der Waals surface area contributed by atoms with Gasteiger partial charge in [-0.2, -0.15) is 0 Å². The second-order valence-electron chi connectivity index (χ2n) is 4.52. The van der Waals surface area contributed by atoms with Crippen LogP contribution in [0.3, 0.4) is 0 Å². The summed E-state index contributed by atoms with van der Waals surface area (Å²) in [5, 5.41) is 9.47. The van der Waals surface area contributed by atoms with E-state index in [1.54, 1.807) is 6.92 Å². The van der Waals surface area contributed by atoms with Gasteiger partial charge in [-0.05, 0) is 37.5 Å². The summed E-state index contributed by atoms with van der Waals surface area (Å²) in [6.07, 6.45) is 3.18. The van der Waals surface area contributed by atoms with Crippen molar-refractivity contribution in [3.05, 3.63) is 29.8 Å². The Labute approximate surface area is 102 Å². The van der Waals surface area contributed by atoms with Gasteiger partial charge in [0.2, 0.25) is 0 Å². The van der Waals surface area contributed by atoms with Gasteiger partial charge in [0, 0.05) is 13.0 Å². The van der Waals surface area contributed by atoms with Crippen LogP contribution in [0, 0.1) is 0 Å². The summed E-state index contributed by atoms with van der Waals surface area (Å²) in [5.74, 6) is 0.821. The van der Waals surface area contributed by atoms with Gasteiger partial charge >= 0.3 is 0 Å². The van der Waals surface area contributed by atoms with Gasteiger partial charge < -0.3 is 14.6 Å². The van der Waals surface area contributed by atoms with E-state index in [1.165, 1.54) is 6.42 Å². The van der Waals surface area contributed by atoms with Crippen molar-refractivity contribution in [1.29, 1.82) is 0 Å². The number of aliphatic hydroxyl groups is 1. The Hall–Kier alpha value is -1.06. The summed E-state index contributed by atoms with van der Waals surface area (Å²) in [4.78, 5) is 0. The van der Waals surface area contributed by atoms with Gasteiger partial charge in [0.25, 0.3) is 0 Å². The van der Waals surface area contributed by atoms with Gasteiger partial charge in [0.05, 0.1) is 18.8 Å². The highest BCUT2D eigenvalue weighted by molar-refractivity contribution is 5.29. The predicted octanol–water partition coefficient (Wildman–Crippen LogP) is 2.69. The fraction of sp³-hybridized carbons (Fsp3) is 0.571. The van der Waals surface area contributed by atoms with Crippen LogP contribution in [0.2, 0.25) is 0 Å². The molecule has 2 atom stereocenters. The van der Waals surface area contributed by atoms with E-state index in [1.807, 2.05) is 24.3 Å². The van der Waals surface area contributed by atoms with Crippen molar-refractivity contribution in [2.45, 2.75) is 38.4 Å². The van der Waals surface area contributed by atoms with Gasteiger partial charge in [0.1, 0.15) is 5.75 Å². The highest BCUT2D eigenvalue weighted by Crippen LogP contribution is 2.20. The van der Waals surface area contributed by atoms with Crippen molar-refractivity contribution in [2.24, 2.45) is 0 Å². The number of aliphatic hydroxyl groups excluding tert-OH is 1. The maximum atomic E-state index is 9.47. The number of hydrogen-bond donors (Lipinski definition) is 1. The molecule has 17 heavy (non-hydrogen) atoms. The molecule has 1 aliphatic heterocycles. The third kappa shape index (κ3) is 3.72. The molecule has 0 aliphatic carbocycles. The Balaban J connectivity index is 1.79.